The van der Waals surface area contributed by atoms with Gasteiger partial charge in [0.1, 0.15) is 11.9 Å². The zero-order valence-corrected chi connectivity index (χ0v) is 8.77. The van der Waals surface area contributed by atoms with Gasteiger partial charge in [0.25, 0.3) is 0 Å². The van der Waals surface area contributed by atoms with Gasteiger partial charge in [0.05, 0.1) is 6.20 Å². The molecule has 0 amide bonds. The number of pyridine rings is 1. The number of hydrogen-bond acceptors (Lipinski definition) is 4. The molecule has 0 spiro atoms. The molecule has 2 rings (SSSR count). The van der Waals surface area contributed by atoms with Crippen molar-refractivity contribution in [1.82, 2.24) is 9.88 Å². The van der Waals surface area contributed by atoms with E-state index in [1.165, 1.54) is 12.3 Å². The van der Waals surface area contributed by atoms with Crippen molar-refractivity contribution in [2.75, 3.05) is 20.1 Å². The van der Waals surface area contributed by atoms with Gasteiger partial charge in [-0.15, -0.1) is 0 Å². The van der Waals surface area contributed by atoms with E-state index in [1.54, 1.807) is 6.07 Å². The molecule has 4 nitrogen and oxygen atoms in total. The first kappa shape index (κ1) is 11.1. The molecule has 0 unspecified atom stereocenters. The summed E-state index contributed by atoms with van der Waals surface area (Å²) in [7, 11) is 2.00. The van der Waals surface area contributed by atoms with Gasteiger partial charge in [-0.1, -0.05) is 0 Å². The van der Waals surface area contributed by atoms with Crippen LogP contribution in [0.5, 0.6) is 11.6 Å². The summed E-state index contributed by atoms with van der Waals surface area (Å²) in [5.74, 6) is 0.466. The van der Waals surface area contributed by atoms with Gasteiger partial charge >= 0.3 is 6.61 Å². The number of alkyl halides is 2. The lowest BCUT2D eigenvalue weighted by Gasteiger charge is -2.35. The van der Waals surface area contributed by atoms with Crippen LogP contribution in [-0.4, -0.2) is 42.7 Å². The normalized spacial score (nSPS) is 17.2. The SMILES string of the molecule is CN1CC(Oc2ccc(OC(F)F)nc2)C1. The van der Waals surface area contributed by atoms with Crippen LogP contribution in [0, 0.1) is 0 Å². The minimum atomic E-state index is -2.85. The molecule has 0 aromatic carbocycles. The van der Waals surface area contributed by atoms with Crippen molar-refractivity contribution in [3.63, 3.8) is 0 Å². The van der Waals surface area contributed by atoms with Crippen molar-refractivity contribution in [1.29, 1.82) is 0 Å². The van der Waals surface area contributed by atoms with E-state index in [0.717, 1.165) is 13.1 Å². The minimum Gasteiger partial charge on any atom is -0.486 e. The van der Waals surface area contributed by atoms with E-state index < -0.39 is 6.61 Å². The lowest BCUT2D eigenvalue weighted by Crippen LogP contribution is -2.51. The molecule has 0 radical (unpaired) electrons. The zero-order valence-electron chi connectivity index (χ0n) is 8.77. The summed E-state index contributed by atoms with van der Waals surface area (Å²) in [4.78, 5) is 5.83. The molecular weight excluding hydrogens is 218 g/mol. The van der Waals surface area contributed by atoms with Crippen LogP contribution in [0.1, 0.15) is 0 Å². The smallest absolute Gasteiger partial charge is 0.388 e. The first-order valence-electron chi connectivity index (χ1n) is 4.89. The summed E-state index contributed by atoms with van der Waals surface area (Å²) in [5.41, 5.74) is 0. The molecule has 0 bridgehead atoms. The van der Waals surface area contributed by atoms with Gasteiger partial charge in [-0.25, -0.2) is 4.98 Å². The minimum absolute atomic E-state index is 0.104. The van der Waals surface area contributed by atoms with Crippen LogP contribution in [0.3, 0.4) is 0 Å². The fourth-order valence-corrected chi connectivity index (χ4v) is 1.51. The van der Waals surface area contributed by atoms with Crippen LogP contribution in [0.4, 0.5) is 8.78 Å². The van der Waals surface area contributed by atoms with Gasteiger partial charge in [0, 0.05) is 19.2 Å². The number of likely N-dealkylation sites (tertiary alicyclic amines) is 1. The highest BCUT2D eigenvalue weighted by Crippen LogP contribution is 2.19. The second-order valence-corrected chi connectivity index (χ2v) is 3.67. The lowest BCUT2D eigenvalue weighted by atomic mass is 10.2. The molecule has 1 fully saturated rings. The average molecular weight is 230 g/mol. The van der Waals surface area contributed by atoms with E-state index in [0.29, 0.717) is 5.75 Å². The highest BCUT2D eigenvalue weighted by atomic mass is 19.3. The van der Waals surface area contributed by atoms with Gasteiger partial charge in [-0.05, 0) is 13.1 Å². The van der Waals surface area contributed by atoms with E-state index in [1.807, 2.05) is 7.05 Å². The average Bonchev–Trinajstić information content (AvgIpc) is 2.18. The zero-order chi connectivity index (χ0) is 11.5. The van der Waals surface area contributed by atoms with Crippen LogP contribution >= 0.6 is 0 Å². The molecule has 0 atom stereocenters. The number of halogens is 2. The molecule has 16 heavy (non-hydrogen) atoms. The van der Waals surface area contributed by atoms with Gasteiger partial charge in [0.2, 0.25) is 5.88 Å². The largest absolute Gasteiger partial charge is 0.486 e. The summed E-state index contributed by atoms with van der Waals surface area (Å²) in [6.07, 6.45) is 1.55. The summed E-state index contributed by atoms with van der Waals surface area (Å²) in [6.45, 7) is -1.11. The van der Waals surface area contributed by atoms with Crippen molar-refractivity contribution in [3.05, 3.63) is 18.3 Å². The maximum atomic E-state index is 11.8. The summed E-state index contributed by atoms with van der Waals surface area (Å²) < 4.78 is 33.3. The monoisotopic (exact) mass is 230 g/mol. The van der Waals surface area contributed by atoms with E-state index in [9.17, 15) is 8.78 Å². The highest BCUT2D eigenvalue weighted by molar-refractivity contribution is 5.23. The molecular formula is C10H12F2N2O2. The first-order valence-corrected chi connectivity index (χ1v) is 4.89. The Hall–Kier alpha value is -1.43. The maximum absolute atomic E-state index is 11.8. The van der Waals surface area contributed by atoms with Crippen molar-refractivity contribution in [2.24, 2.45) is 0 Å². The molecule has 0 N–H and O–H groups in total. The summed E-state index contributed by atoms with van der Waals surface area (Å²) in [6, 6.07) is 2.94. The standard InChI is InChI=1S/C10H12F2N2O2/c1-14-5-8(6-14)15-7-2-3-9(13-4-7)16-10(11)12/h2-4,8,10H,5-6H2,1H3. The van der Waals surface area contributed by atoms with E-state index in [2.05, 4.69) is 14.6 Å². The van der Waals surface area contributed by atoms with Gasteiger partial charge < -0.3 is 9.47 Å². The van der Waals surface area contributed by atoms with Gasteiger partial charge in [-0.2, -0.15) is 8.78 Å². The Labute approximate surface area is 91.8 Å². The number of aromatic nitrogens is 1. The molecule has 2 heterocycles. The second-order valence-electron chi connectivity index (χ2n) is 3.67. The van der Waals surface area contributed by atoms with E-state index in [4.69, 9.17) is 4.74 Å². The van der Waals surface area contributed by atoms with E-state index >= 15 is 0 Å². The third-order valence-electron chi connectivity index (χ3n) is 2.25. The van der Waals surface area contributed by atoms with Crippen LogP contribution in [0.25, 0.3) is 0 Å². The number of hydrogen-bond donors (Lipinski definition) is 0. The molecule has 6 heteroatoms. The number of rotatable bonds is 4. The predicted octanol–water partition coefficient (Wildman–Crippen LogP) is 1.38. The van der Waals surface area contributed by atoms with Crippen molar-refractivity contribution >= 4 is 0 Å². The molecule has 1 aliphatic rings. The Kier molecular flexibility index (Phi) is 3.19. The van der Waals surface area contributed by atoms with Crippen molar-refractivity contribution in [2.45, 2.75) is 12.7 Å². The maximum Gasteiger partial charge on any atom is 0.388 e. The van der Waals surface area contributed by atoms with Crippen molar-refractivity contribution in [3.8, 4) is 11.6 Å². The first-order chi connectivity index (χ1) is 7.63. The van der Waals surface area contributed by atoms with Crippen LogP contribution in [0.2, 0.25) is 0 Å². The second kappa shape index (κ2) is 4.61. The third-order valence-corrected chi connectivity index (χ3v) is 2.25. The fraction of sp³-hybridized carbons (Fsp3) is 0.500. The quantitative estimate of drug-likeness (QED) is 0.782. The molecule has 88 valence electrons. The molecule has 0 saturated carbocycles. The Bertz CT molecular complexity index is 339. The summed E-state index contributed by atoms with van der Waals surface area (Å²) in [5, 5.41) is 0. The fourth-order valence-electron chi connectivity index (χ4n) is 1.51. The Morgan fingerprint density at radius 3 is 2.69 bits per heavy atom. The Morgan fingerprint density at radius 2 is 2.19 bits per heavy atom. The predicted molar refractivity (Wildman–Crippen MR) is 52.8 cm³/mol. The number of nitrogens with zero attached hydrogens (tertiary/aromatic N) is 2. The van der Waals surface area contributed by atoms with Gasteiger partial charge in [0.15, 0.2) is 0 Å². The summed E-state index contributed by atoms with van der Waals surface area (Å²) >= 11 is 0. The van der Waals surface area contributed by atoms with Gasteiger partial charge in [-0.3, -0.25) is 4.90 Å². The molecule has 1 aromatic rings. The Balaban J connectivity index is 1.87. The van der Waals surface area contributed by atoms with Crippen LogP contribution in [0.15, 0.2) is 18.3 Å². The molecule has 1 aromatic heterocycles. The third kappa shape index (κ3) is 2.79. The van der Waals surface area contributed by atoms with Crippen LogP contribution in [-0.2, 0) is 0 Å². The number of likely N-dealkylation sites (N-methyl/N-ethyl adjacent to an activating group) is 1. The van der Waals surface area contributed by atoms with Crippen molar-refractivity contribution < 1.29 is 18.3 Å². The highest BCUT2D eigenvalue weighted by Gasteiger charge is 2.24. The topological polar surface area (TPSA) is 34.6 Å². The molecule has 1 saturated heterocycles. The van der Waals surface area contributed by atoms with E-state index in [-0.39, 0.29) is 12.0 Å². The molecule has 1 aliphatic heterocycles. The number of ether oxygens (including phenoxy) is 2. The van der Waals surface area contributed by atoms with Crippen LogP contribution < -0.4 is 9.47 Å². The molecule has 0 aliphatic carbocycles. The Morgan fingerprint density at radius 1 is 1.44 bits per heavy atom. The lowest BCUT2D eigenvalue weighted by molar-refractivity contribution is -0.0529.